The number of urea groups is 1. The van der Waals surface area contributed by atoms with Gasteiger partial charge in [0.15, 0.2) is 5.82 Å². The molecule has 0 aliphatic heterocycles. The Labute approximate surface area is 103 Å². The molecule has 1 aromatic carbocycles. The summed E-state index contributed by atoms with van der Waals surface area (Å²) in [5, 5.41) is 4.60. The molecule has 1 rings (SSSR count). The van der Waals surface area contributed by atoms with Gasteiger partial charge >= 0.3 is 6.03 Å². The number of carbonyl (C=O) groups is 1. The highest BCUT2D eigenvalue weighted by molar-refractivity contribution is 6.33. The first-order valence-electron chi connectivity index (χ1n) is 5.24. The Morgan fingerprint density at radius 1 is 1.41 bits per heavy atom. The van der Waals surface area contributed by atoms with Crippen LogP contribution in [0.4, 0.5) is 19.3 Å². The van der Waals surface area contributed by atoms with Crippen LogP contribution in [0.2, 0.25) is 5.02 Å². The molecule has 0 aliphatic rings. The van der Waals surface area contributed by atoms with Gasteiger partial charge in [-0.2, -0.15) is 0 Å². The molecule has 0 fully saturated rings. The van der Waals surface area contributed by atoms with Crippen molar-refractivity contribution in [3.8, 4) is 0 Å². The van der Waals surface area contributed by atoms with Crippen molar-refractivity contribution in [2.75, 3.05) is 11.9 Å². The van der Waals surface area contributed by atoms with Crippen molar-refractivity contribution in [1.29, 1.82) is 0 Å². The van der Waals surface area contributed by atoms with Crippen molar-refractivity contribution < 1.29 is 13.6 Å². The van der Waals surface area contributed by atoms with Crippen molar-refractivity contribution in [1.82, 2.24) is 5.32 Å². The summed E-state index contributed by atoms with van der Waals surface area (Å²) >= 11 is 5.62. The molecule has 0 atom stereocenters. The molecule has 0 heterocycles. The van der Waals surface area contributed by atoms with Crippen LogP contribution in [-0.4, -0.2) is 12.6 Å². The Morgan fingerprint density at radius 3 is 2.71 bits per heavy atom. The van der Waals surface area contributed by atoms with Crippen molar-refractivity contribution in [3.63, 3.8) is 0 Å². The number of benzene rings is 1. The largest absolute Gasteiger partial charge is 0.338 e. The number of rotatable bonds is 4. The number of nitrogens with one attached hydrogen (secondary N) is 2. The molecule has 0 unspecified atom stereocenters. The average molecular weight is 263 g/mol. The van der Waals surface area contributed by atoms with Gasteiger partial charge in [-0.15, -0.1) is 0 Å². The highest BCUT2D eigenvalue weighted by Crippen LogP contribution is 2.26. The molecule has 0 saturated carbocycles. The fraction of sp³-hybridized carbons (Fsp3) is 0.364. The summed E-state index contributed by atoms with van der Waals surface area (Å²) in [6.07, 6.45) is 1.76. The predicted octanol–water partition coefficient (Wildman–Crippen LogP) is 3.54. The standard InChI is InChI=1S/C11H13ClF2N2O/c1-2-3-4-15-11(17)16-10-8(12)5-7(13)6-9(10)14/h5-6H,2-4H2,1H3,(H2,15,16,17). The van der Waals surface area contributed by atoms with Crippen LogP contribution in [0, 0.1) is 11.6 Å². The molecule has 1 aromatic rings. The summed E-state index contributed by atoms with van der Waals surface area (Å²) in [6, 6.07) is 1.03. The second-order valence-electron chi connectivity index (χ2n) is 3.48. The van der Waals surface area contributed by atoms with E-state index in [0.717, 1.165) is 18.9 Å². The molecule has 0 bridgehead atoms. The van der Waals surface area contributed by atoms with Gasteiger partial charge in [-0.05, 0) is 12.5 Å². The number of hydrogen-bond acceptors (Lipinski definition) is 1. The topological polar surface area (TPSA) is 41.1 Å². The Hall–Kier alpha value is -1.36. The van der Waals surface area contributed by atoms with Crippen LogP contribution in [0.15, 0.2) is 12.1 Å². The molecule has 0 aromatic heterocycles. The molecular weight excluding hydrogens is 250 g/mol. The SMILES string of the molecule is CCCCNC(=O)Nc1c(F)cc(F)cc1Cl. The lowest BCUT2D eigenvalue weighted by atomic mass is 10.3. The Balaban J connectivity index is 2.65. The fourth-order valence-corrected chi connectivity index (χ4v) is 1.44. The minimum absolute atomic E-state index is 0.173. The maximum Gasteiger partial charge on any atom is 0.319 e. The monoisotopic (exact) mass is 262 g/mol. The highest BCUT2D eigenvalue weighted by Gasteiger charge is 2.12. The molecule has 17 heavy (non-hydrogen) atoms. The minimum Gasteiger partial charge on any atom is -0.338 e. The number of anilines is 1. The lowest BCUT2D eigenvalue weighted by Crippen LogP contribution is -2.30. The van der Waals surface area contributed by atoms with Crippen molar-refractivity contribution >= 4 is 23.3 Å². The van der Waals surface area contributed by atoms with E-state index >= 15 is 0 Å². The van der Waals surface area contributed by atoms with Gasteiger partial charge in [0.05, 0.1) is 10.7 Å². The summed E-state index contributed by atoms with van der Waals surface area (Å²) < 4.78 is 26.0. The average Bonchev–Trinajstić information content (AvgIpc) is 2.24. The number of carbonyl (C=O) groups excluding carboxylic acids is 1. The first-order valence-corrected chi connectivity index (χ1v) is 5.61. The zero-order valence-corrected chi connectivity index (χ0v) is 10.1. The van der Waals surface area contributed by atoms with E-state index in [1.165, 1.54) is 0 Å². The van der Waals surface area contributed by atoms with Crippen LogP contribution in [0.5, 0.6) is 0 Å². The summed E-state index contributed by atoms with van der Waals surface area (Å²) in [5.74, 6) is -1.69. The molecule has 6 heteroatoms. The zero-order valence-electron chi connectivity index (χ0n) is 9.32. The maximum atomic E-state index is 13.3. The molecule has 0 radical (unpaired) electrons. The zero-order chi connectivity index (χ0) is 12.8. The van der Waals surface area contributed by atoms with Gasteiger partial charge in [-0.25, -0.2) is 13.6 Å². The highest BCUT2D eigenvalue weighted by atomic mass is 35.5. The minimum atomic E-state index is -0.902. The van der Waals surface area contributed by atoms with Crippen LogP contribution in [0.1, 0.15) is 19.8 Å². The van der Waals surface area contributed by atoms with Crippen molar-refractivity contribution in [2.24, 2.45) is 0 Å². The quantitative estimate of drug-likeness (QED) is 0.801. The van der Waals surface area contributed by atoms with E-state index in [-0.39, 0.29) is 10.7 Å². The second kappa shape index (κ2) is 6.39. The predicted molar refractivity (Wildman–Crippen MR) is 63.3 cm³/mol. The fourth-order valence-electron chi connectivity index (χ4n) is 1.20. The van der Waals surface area contributed by atoms with E-state index in [1.54, 1.807) is 0 Å². The number of hydrogen-bond donors (Lipinski definition) is 2. The van der Waals surface area contributed by atoms with Crippen LogP contribution in [0.3, 0.4) is 0 Å². The first-order chi connectivity index (χ1) is 8.04. The Bertz CT molecular complexity index is 389. The first kappa shape index (κ1) is 13.7. The Morgan fingerprint density at radius 2 is 2.12 bits per heavy atom. The van der Waals surface area contributed by atoms with Gasteiger partial charge in [-0.1, -0.05) is 24.9 Å². The third-order valence-corrected chi connectivity index (χ3v) is 2.36. The molecular formula is C11H13ClF2N2O. The van der Waals surface area contributed by atoms with Crippen molar-refractivity contribution in [2.45, 2.75) is 19.8 Å². The van der Waals surface area contributed by atoms with E-state index in [0.29, 0.717) is 12.6 Å². The van der Waals surface area contributed by atoms with Crippen LogP contribution in [0.25, 0.3) is 0 Å². The van der Waals surface area contributed by atoms with Gasteiger partial charge in [0.2, 0.25) is 0 Å². The third kappa shape index (κ3) is 4.19. The van der Waals surface area contributed by atoms with Crippen molar-refractivity contribution in [3.05, 3.63) is 28.8 Å². The Kier molecular flexibility index (Phi) is 5.15. The molecule has 0 spiro atoms. The van der Waals surface area contributed by atoms with Crippen LogP contribution < -0.4 is 10.6 Å². The van der Waals surface area contributed by atoms with Crippen LogP contribution >= 0.6 is 11.6 Å². The summed E-state index contributed by atoms with van der Waals surface area (Å²) in [7, 11) is 0. The molecule has 0 aliphatic carbocycles. The van der Waals surface area contributed by atoms with E-state index in [9.17, 15) is 13.6 Å². The molecule has 2 N–H and O–H groups in total. The molecule has 2 amide bonds. The third-order valence-electron chi connectivity index (χ3n) is 2.06. The van der Waals surface area contributed by atoms with E-state index in [1.807, 2.05) is 6.92 Å². The van der Waals surface area contributed by atoms with Crippen LogP contribution in [-0.2, 0) is 0 Å². The van der Waals surface area contributed by atoms with Gasteiger partial charge in [0, 0.05) is 12.6 Å². The number of halogens is 3. The number of amides is 2. The van der Waals surface area contributed by atoms with Gasteiger partial charge in [-0.3, -0.25) is 0 Å². The van der Waals surface area contributed by atoms with Gasteiger partial charge in [0.25, 0.3) is 0 Å². The molecule has 0 saturated heterocycles. The smallest absolute Gasteiger partial charge is 0.319 e. The second-order valence-corrected chi connectivity index (χ2v) is 3.89. The summed E-state index contributed by atoms with van der Waals surface area (Å²) in [4.78, 5) is 11.3. The maximum absolute atomic E-state index is 13.3. The van der Waals surface area contributed by atoms with Gasteiger partial charge in [0.1, 0.15) is 5.82 Å². The van der Waals surface area contributed by atoms with E-state index < -0.39 is 17.7 Å². The summed E-state index contributed by atoms with van der Waals surface area (Å²) in [5.41, 5.74) is -0.220. The lowest BCUT2D eigenvalue weighted by Gasteiger charge is -2.09. The molecule has 94 valence electrons. The normalized spacial score (nSPS) is 10.1. The lowest BCUT2D eigenvalue weighted by molar-refractivity contribution is 0.252. The summed E-state index contributed by atoms with van der Waals surface area (Å²) in [6.45, 7) is 2.47. The van der Waals surface area contributed by atoms with E-state index in [4.69, 9.17) is 11.6 Å². The number of unbranched alkanes of at least 4 members (excludes halogenated alkanes) is 1. The molecule has 3 nitrogen and oxygen atoms in total. The van der Waals surface area contributed by atoms with Gasteiger partial charge < -0.3 is 10.6 Å². The van der Waals surface area contributed by atoms with E-state index in [2.05, 4.69) is 10.6 Å².